The third kappa shape index (κ3) is 4.68. The number of halogens is 1. The number of aryl methyl sites for hydroxylation is 1. The SMILES string of the molecule is Cc1cc(N2CCC[C@H]2COCC2CC2)c2ccc(Nc3cccnc3)cc2n1.Cl. The molecule has 1 aliphatic carbocycles. The van der Waals surface area contributed by atoms with Crippen LogP contribution < -0.4 is 10.2 Å². The molecular weight excluding hydrogens is 396 g/mol. The summed E-state index contributed by atoms with van der Waals surface area (Å²) in [5, 5.41) is 4.63. The van der Waals surface area contributed by atoms with Gasteiger partial charge in [-0.2, -0.15) is 0 Å². The fourth-order valence-electron chi connectivity index (χ4n) is 4.24. The number of rotatable bonds is 7. The van der Waals surface area contributed by atoms with E-state index in [1.807, 2.05) is 18.3 Å². The van der Waals surface area contributed by atoms with Crippen molar-refractivity contribution < 1.29 is 4.74 Å². The molecule has 2 aliphatic rings. The molecule has 0 radical (unpaired) electrons. The third-order valence-corrected chi connectivity index (χ3v) is 5.91. The Morgan fingerprint density at radius 1 is 1.10 bits per heavy atom. The molecule has 2 fully saturated rings. The highest BCUT2D eigenvalue weighted by molar-refractivity contribution is 5.94. The van der Waals surface area contributed by atoms with Gasteiger partial charge < -0.3 is 15.0 Å². The molecule has 0 spiro atoms. The third-order valence-electron chi connectivity index (χ3n) is 5.91. The van der Waals surface area contributed by atoms with Gasteiger partial charge in [-0.1, -0.05) is 0 Å². The van der Waals surface area contributed by atoms with E-state index < -0.39 is 0 Å². The molecule has 6 heteroatoms. The maximum Gasteiger partial charge on any atom is 0.0746 e. The van der Waals surface area contributed by atoms with Crippen LogP contribution in [0, 0.1) is 12.8 Å². The monoisotopic (exact) mass is 424 g/mol. The second kappa shape index (κ2) is 9.19. The van der Waals surface area contributed by atoms with E-state index in [2.05, 4.69) is 46.4 Å². The zero-order chi connectivity index (χ0) is 19.6. The highest BCUT2D eigenvalue weighted by Gasteiger charge is 2.28. The summed E-state index contributed by atoms with van der Waals surface area (Å²) in [4.78, 5) is 11.5. The maximum absolute atomic E-state index is 6.05. The number of pyridine rings is 2. The number of hydrogen-bond acceptors (Lipinski definition) is 5. The van der Waals surface area contributed by atoms with Crippen LogP contribution in [-0.2, 0) is 4.74 Å². The normalized spacial score (nSPS) is 18.4. The van der Waals surface area contributed by atoms with Gasteiger partial charge in [-0.05, 0) is 74.9 Å². The molecule has 1 saturated carbocycles. The van der Waals surface area contributed by atoms with Gasteiger partial charge in [0.05, 0.1) is 30.0 Å². The summed E-state index contributed by atoms with van der Waals surface area (Å²) in [7, 11) is 0. The number of anilines is 3. The first-order chi connectivity index (χ1) is 14.3. The van der Waals surface area contributed by atoms with E-state index in [4.69, 9.17) is 9.72 Å². The van der Waals surface area contributed by atoms with Crippen molar-refractivity contribution in [1.82, 2.24) is 9.97 Å². The van der Waals surface area contributed by atoms with Crippen LogP contribution >= 0.6 is 12.4 Å². The molecule has 0 amide bonds. The molecular formula is C24H29ClN4O. The Morgan fingerprint density at radius 2 is 2.00 bits per heavy atom. The molecule has 0 bridgehead atoms. The minimum Gasteiger partial charge on any atom is -0.379 e. The summed E-state index contributed by atoms with van der Waals surface area (Å²) in [5.41, 5.74) is 5.37. The quantitative estimate of drug-likeness (QED) is 0.542. The Hall–Kier alpha value is -2.37. The van der Waals surface area contributed by atoms with Crippen LogP contribution in [-0.4, -0.2) is 35.8 Å². The van der Waals surface area contributed by atoms with Crippen molar-refractivity contribution in [3.05, 3.63) is 54.5 Å². The molecule has 1 N–H and O–H groups in total. The topological polar surface area (TPSA) is 50.3 Å². The fraction of sp³-hybridized carbons (Fsp3) is 0.417. The molecule has 1 aromatic carbocycles. The van der Waals surface area contributed by atoms with Crippen LogP contribution in [0.15, 0.2) is 48.8 Å². The molecule has 1 aliphatic heterocycles. The second-order valence-electron chi connectivity index (χ2n) is 8.35. The smallest absolute Gasteiger partial charge is 0.0746 e. The Morgan fingerprint density at radius 3 is 2.80 bits per heavy atom. The molecule has 1 atom stereocenters. The van der Waals surface area contributed by atoms with Crippen molar-refractivity contribution in [1.29, 1.82) is 0 Å². The largest absolute Gasteiger partial charge is 0.379 e. The maximum atomic E-state index is 6.05. The molecule has 158 valence electrons. The molecule has 30 heavy (non-hydrogen) atoms. The number of aromatic nitrogens is 2. The van der Waals surface area contributed by atoms with Crippen molar-refractivity contribution in [2.75, 3.05) is 30.0 Å². The van der Waals surface area contributed by atoms with Crippen LogP contribution in [0.4, 0.5) is 17.1 Å². The first-order valence-electron chi connectivity index (χ1n) is 10.7. The van der Waals surface area contributed by atoms with E-state index in [9.17, 15) is 0 Å². The minimum atomic E-state index is 0. The van der Waals surface area contributed by atoms with E-state index in [0.29, 0.717) is 6.04 Å². The first-order valence-corrected chi connectivity index (χ1v) is 10.7. The van der Waals surface area contributed by atoms with Crippen LogP contribution in [0.25, 0.3) is 10.9 Å². The van der Waals surface area contributed by atoms with Gasteiger partial charge in [0, 0.05) is 41.8 Å². The Balaban J connectivity index is 0.00000218. The number of fused-ring (bicyclic) bond motifs is 1. The summed E-state index contributed by atoms with van der Waals surface area (Å²) in [6.45, 7) is 4.94. The van der Waals surface area contributed by atoms with E-state index in [0.717, 1.165) is 48.3 Å². The van der Waals surface area contributed by atoms with Crippen LogP contribution in [0.5, 0.6) is 0 Å². The molecule has 5 nitrogen and oxygen atoms in total. The van der Waals surface area contributed by atoms with E-state index in [1.54, 1.807) is 6.20 Å². The highest BCUT2D eigenvalue weighted by Crippen LogP contribution is 2.34. The Bertz CT molecular complexity index is 993. The van der Waals surface area contributed by atoms with Gasteiger partial charge in [0.2, 0.25) is 0 Å². The number of hydrogen-bond donors (Lipinski definition) is 1. The molecule has 5 rings (SSSR count). The van der Waals surface area contributed by atoms with Crippen molar-refractivity contribution in [3.63, 3.8) is 0 Å². The number of ether oxygens (including phenoxy) is 1. The van der Waals surface area contributed by atoms with Gasteiger partial charge in [-0.15, -0.1) is 12.4 Å². The van der Waals surface area contributed by atoms with Crippen LogP contribution in [0.1, 0.15) is 31.4 Å². The van der Waals surface area contributed by atoms with E-state index in [1.165, 1.54) is 36.8 Å². The average Bonchev–Trinajstić information content (AvgIpc) is 3.43. The van der Waals surface area contributed by atoms with Gasteiger partial charge in [-0.3, -0.25) is 9.97 Å². The van der Waals surface area contributed by atoms with Gasteiger partial charge in [0.15, 0.2) is 0 Å². The average molecular weight is 425 g/mol. The minimum absolute atomic E-state index is 0. The van der Waals surface area contributed by atoms with Gasteiger partial charge in [-0.25, -0.2) is 0 Å². The predicted octanol–water partition coefficient (Wildman–Crippen LogP) is 5.50. The van der Waals surface area contributed by atoms with Crippen molar-refractivity contribution >= 4 is 40.4 Å². The molecule has 1 saturated heterocycles. The van der Waals surface area contributed by atoms with Gasteiger partial charge in [0.1, 0.15) is 0 Å². The van der Waals surface area contributed by atoms with Crippen LogP contribution in [0.3, 0.4) is 0 Å². The lowest BCUT2D eigenvalue weighted by Crippen LogP contribution is -2.33. The summed E-state index contributed by atoms with van der Waals surface area (Å²) < 4.78 is 6.05. The lowest BCUT2D eigenvalue weighted by molar-refractivity contribution is 0.112. The van der Waals surface area contributed by atoms with E-state index >= 15 is 0 Å². The summed E-state index contributed by atoms with van der Waals surface area (Å²) in [6, 6.07) is 13.1. The summed E-state index contributed by atoms with van der Waals surface area (Å²) in [5.74, 6) is 0.819. The van der Waals surface area contributed by atoms with Gasteiger partial charge >= 0.3 is 0 Å². The predicted molar refractivity (Wildman–Crippen MR) is 125 cm³/mol. The zero-order valence-corrected chi connectivity index (χ0v) is 18.2. The molecule has 0 unspecified atom stereocenters. The first kappa shape index (κ1) is 20.9. The fourth-order valence-corrected chi connectivity index (χ4v) is 4.24. The lowest BCUT2D eigenvalue weighted by Gasteiger charge is -2.28. The highest BCUT2D eigenvalue weighted by atomic mass is 35.5. The lowest BCUT2D eigenvalue weighted by atomic mass is 10.1. The number of benzene rings is 1. The molecule has 3 aromatic rings. The second-order valence-corrected chi connectivity index (χ2v) is 8.35. The number of nitrogens with one attached hydrogen (secondary N) is 1. The number of nitrogens with zero attached hydrogens (tertiary/aromatic N) is 3. The molecule has 2 aromatic heterocycles. The van der Waals surface area contributed by atoms with Gasteiger partial charge in [0.25, 0.3) is 0 Å². The van der Waals surface area contributed by atoms with Crippen LogP contribution in [0.2, 0.25) is 0 Å². The summed E-state index contributed by atoms with van der Waals surface area (Å²) >= 11 is 0. The standard InChI is InChI=1S/C24H28N4O.ClH/c1-17-12-24(28-11-3-5-21(28)16-29-15-18-6-7-18)22-9-8-19(13-23(22)26-17)27-20-4-2-10-25-14-20;/h2,4,8-10,12-14,18,21,27H,3,5-7,11,15-16H2,1H3;1H/t21-;/m0./s1. The Kier molecular flexibility index (Phi) is 6.40. The summed E-state index contributed by atoms with van der Waals surface area (Å²) in [6.07, 6.45) is 8.73. The van der Waals surface area contributed by atoms with Crippen molar-refractivity contribution in [2.45, 2.75) is 38.6 Å². The zero-order valence-electron chi connectivity index (χ0n) is 17.4. The van der Waals surface area contributed by atoms with Crippen molar-refractivity contribution in [2.24, 2.45) is 5.92 Å². The molecule has 3 heterocycles. The Labute approximate surface area is 184 Å². The van der Waals surface area contributed by atoms with Crippen molar-refractivity contribution in [3.8, 4) is 0 Å². The van der Waals surface area contributed by atoms with E-state index in [-0.39, 0.29) is 12.4 Å².